The monoisotopic (exact) mass is 167 g/mol. The van der Waals surface area contributed by atoms with E-state index >= 15 is 0 Å². The van der Waals surface area contributed by atoms with Crippen LogP contribution in [0, 0.1) is 11.3 Å². The SMILES string of the molecule is N#CCCOS(=O)(O)=S. The topological polar surface area (TPSA) is 70.3 Å². The first-order valence-electron chi connectivity index (χ1n) is 2.05. The molecule has 0 aromatic heterocycles. The fraction of sp³-hybridized carbons (Fsp3) is 0.667. The molecule has 0 saturated carbocycles. The number of nitrogens with zero attached hydrogens (tertiary/aromatic N) is 1. The van der Waals surface area contributed by atoms with Crippen molar-refractivity contribution >= 4 is 20.2 Å². The molecule has 4 nitrogen and oxygen atoms in total. The molecule has 1 unspecified atom stereocenters. The number of hydrogen-bond acceptors (Lipinski definition) is 4. The minimum Gasteiger partial charge on any atom is -0.285 e. The van der Waals surface area contributed by atoms with Crippen molar-refractivity contribution in [3.63, 3.8) is 0 Å². The third kappa shape index (κ3) is 7.78. The van der Waals surface area contributed by atoms with E-state index < -0.39 is 9.05 Å². The van der Waals surface area contributed by atoms with E-state index in [0.29, 0.717) is 0 Å². The van der Waals surface area contributed by atoms with Gasteiger partial charge in [-0.05, 0) is 0 Å². The van der Waals surface area contributed by atoms with E-state index in [1.165, 1.54) is 0 Å². The highest BCUT2D eigenvalue weighted by Crippen LogP contribution is 1.87. The lowest BCUT2D eigenvalue weighted by Gasteiger charge is -1.95. The molecule has 0 aliphatic carbocycles. The van der Waals surface area contributed by atoms with Gasteiger partial charge in [-0.25, -0.2) is 0 Å². The van der Waals surface area contributed by atoms with Crippen LogP contribution in [0.2, 0.25) is 0 Å². The Morgan fingerprint density at radius 3 is 2.78 bits per heavy atom. The van der Waals surface area contributed by atoms with Gasteiger partial charge in [-0.2, -0.15) is 9.47 Å². The van der Waals surface area contributed by atoms with Crippen LogP contribution in [0.5, 0.6) is 0 Å². The summed E-state index contributed by atoms with van der Waals surface area (Å²) in [5, 5.41) is 7.92. The largest absolute Gasteiger partial charge is 0.285 e. The van der Waals surface area contributed by atoms with E-state index in [2.05, 4.69) is 15.4 Å². The van der Waals surface area contributed by atoms with Crippen LogP contribution < -0.4 is 0 Å². The lowest BCUT2D eigenvalue weighted by atomic mass is 10.5. The van der Waals surface area contributed by atoms with Crippen molar-refractivity contribution in [2.75, 3.05) is 6.61 Å². The Bertz CT molecular complexity index is 202. The number of rotatable bonds is 3. The first-order valence-corrected chi connectivity index (χ1v) is 4.41. The fourth-order valence-electron chi connectivity index (χ4n) is 0.193. The molecule has 0 saturated heterocycles. The molecule has 1 atom stereocenters. The molecule has 0 spiro atoms. The molecule has 0 radical (unpaired) electrons. The summed E-state index contributed by atoms with van der Waals surface area (Å²) < 4.78 is 22.5. The molecular formula is C3H5NO3S2. The lowest BCUT2D eigenvalue weighted by molar-refractivity contribution is 0.312. The summed E-state index contributed by atoms with van der Waals surface area (Å²) in [5.74, 6) is 0. The maximum absolute atomic E-state index is 10.1. The van der Waals surface area contributed by atoms with Crippen LogP contribution in [0.4, 0.5) is 0 Å². The summed E-state index contributed by atoms with van der Waals surface area (Å²) in [6, 6.07) is 1.73. The predicted octanol–water partition coefficient (Wildman–Crippen LogP) is 0.0510. The van der Waals surface area contributed by atoms with E-state index in [1.54, 1.807) is 6.07 Å². The molecule has 0 heterocycles. The fourth-order valence-corrected chi connectivity index (χ4v) is 0.691. The van der Waals surface area contributed by atoms with Crippen molar-refractivity contribution in [3.05, 3.63) is 0 Å². The van der Waals surface area contributed by atoms with Crippen molar-refractivity contribution in [1.29, 1.82) is 5.26 Å². The smallest absolute Gasteiger partial charge is 0.266 e. The van der Waals surface area contributed by atoms with Gasteiger partial charge in [-0.3, -0.25) is 8.74 Å². The molecule has 0 aliphatic heterocycles. The zero-order chi connectivity index (χ0) is 7.33. The Labute approximate surface area is 58.1 Å². The summed E-state index contributed by atoms with van der Waals surface area (Å²) >= 11 is 3.95. The molecule has 0 aromatic carbocycles. The number of hydrogen-bond donors (Lipinski definition) is 1. The highest BCUT2D eigenvalue weighted by atomic mass is 32.9. The van der Waals surface area contributed by atoms with Gasteiger partial charge in [0.05, 0.1) is 19.1 Å². The molecule has 0 aromatic rings. The molecule has 1 N–H and O–H groups in total. The molecule has 0 amide bonds. The van der Waals surface area contributed by atoms with Gasteiger partial charge in [0, 0.05) is 11.2 Å². The predicted molar refractivity (Wildman–Crippen MR) is 34.3 cm³/mol. The van der Waals surface area contributed by atoms with Crippen molar-refractivity contribution < 1.29 is 12.9 Å². The summed E-state index contributed by atoms with van der Waals surface area (Å²) in [7, 11) is -3.51. The van der Waals surface area contributed by atoms with Crippen molar-refractivity contribution in [2.45, 2.75) is 6.42 Å². The zero-order valence-electron chi connectivity index (χ0n) is 4.44. The molecule has 0 rings (SSSR count). The zero-order valence-corrected chi connectivity index (χ0v) is 6.07. The van der Waals surface area contributed by atoms with Gasteiger partial charge >= 0.3 is 0 Å². The second-order valence-electron chi connectivity index (χ2n) is 1.16. The van der Waals surface area contributed by atoms with E-state index in [1.807, 2.05) is 0 Å². The van der Waals surface area contributed by atoms with Crippen molar-refractivity contribution in [1.82, 2.24) is 0 Å². The summed E-state index contributed by atoms with van der Waals surface area (Å²) in [6.07, 6.45) is 0.0776. The Kier molecular flexibility index (Phi) is 3.65. The quantitative estimate of drug-likeness (QED) is 0.601. The highest BCUT2D eigenvalue weighted by molar-refractivity contribution is 8.27. The van der Waals surface area contributed by atoms with Gasteiger partial charge in [-0.1, -0.05) is 0 Å². The Morgan fingerprint density at radius 1 is 1.89 bits per heavy atom. The summed E-state index contributed by atoms with van der Waals surface area (Å²) in [5.41, 5.74) is 0. The van der Waals surface area contributed by atoms with Gasteiger partial charge in [-0.15, -0.1) is 0 Å². The van der Waals surface area contributed by atoms with Gasteiger partial charge < -0.3 is 0 Å². The summed E-state index contributed by atoms with van der Waals surface area (Å²) in [6.45, 7) is -0.0880. The first-order chi connectivity index (χ1) is 4.06. The molecular weight excluding hydrogens is 162 g/mol. The van der Waals surface area contributed by atoms with E-state index in [9.17, 15) is 4.21 Å². The molecule has 9 heavy (non-hydrogen) atoms. The third-order valence-electron chi connectivity index (χ3n) is 0.446. The maximum atomic E-state index is 10.1. The molecule has 0 aliphatic rings. The van der Waals surface area contributed by atoms with Gasteiger partial charge in [0.1, 0.15) is 0 Å². The first kappa shape index (κ1) is 8.78. The van der Waals surface area contributed by atoms with Gasteiger partial charge in [0.2, 0.25) is 0 Å². The van der Waals surface area contributed by atoms with Crippen molar-refractivity contribution in [2.24, 2.45) is 0 Å². The molecule has 52 valence electrons. The van der Waals surface area contributed by atoms with E-state index in [4.69, 9.17) is 9.81 Å². The second kappa shape index (κ2) is 3.74. The van der Waals surface area contributed by atoms with Crippen LogP contribution in [0.3, 0.4) is 0 Å². The standard InChI is InChI=1S/C3H5NO3S2/c4-2-1-3-7-9(5,6)8/h1,3H2,(H,5,6,8). The third-order valence-corrected chi connectivity index (χ3v) is 1.20. The Balaban J connectivity index is 3.44. The normalized spacial score (nSPS) is 16.0. The van der Waals surface area contributed by atoms with Crippen LogP contribution in [0.15, 0.2) is 0 Å². The molecule has 0 fully saturated rings. The minimum atomic E-state index is -3.51. The Hall–Kier alpha value is -0.220. The highest BCUT2D eigenvalue weighted by Gasteiger charge is 1.96. The van der Waals surface area contributed by atoms with Crippen LogP contribution in [-0.2, 0) is 24.4 Å². The molecule has 6 heteroatoms. The number of nitriles is 1. The lowest BCUT2D eigenvalue weighted by Crippen LogP contribution is -2.02. The summed E-state index contributed by atoms with van der Waals surface area (Å²) in [4.78, 5) is 0. The maximum Gasteiger partial charge on any atom is 0.266 e. The van der Waals surface area contributed by atoms with E-state index in [-0.39, 0.29) is 13.0 Å². The average Bonchev–Trinajstić information content (AvgIpc) is 1.63. The Morgan fingerprint density at radius 2 is 2.44 bits per heavy atom. The van der Waals surface area contributed by atoms with Crippen LogP contribution in [0.25, 0.3) is 0 Å². The van der Waals surface area contributed by atoms with Gasteiger partial charge in [0.25, 0.3) is 9.05 Å². The van der Waals surface area contributed by atoms with Crippen molar-refractivity contribution in [3.8, 4) is 6.07 Å². The van der Waals surface area contributed by atoms with Gasteiger partial charge in [0.15, 0.2) is 0 Å². The minimum absolute atomic E-state index is 0.0776. The van der Waals surface area contributed by atoms with E-state index in [0.717, 1.165) is 0 Å². The van der Waals surface area contributed by atoms with Crippen LogP contribution in [-0.4, -0.2) is 15.4 Å². The average molecular weight is 167 g/mol. The van der Waals surface area contributed by atoms with Crippen LogP contribution >= 0.6 is 0 Å². The second-order valence-corrected chi connectivity index (χ2v) is 3.51. The molecule has 0 bridgehead atoms. The van der Waals surface area contributed by atoms with Crippen LogP contribution in [0.1, 0.15) is 6.42 Å².